The van der Waals surface area contributed by atoms with Gasteiger partial charge in [-0.1, -0.05) is 23.8 Å². The topological polar surface area (TPSA) is 68.5 Å². The molecular weight excluding hydrogens is 360 g/mol. The number of carboxylic acids is 1. The summed E-state index contributed by atoms with van der Waals surface area (Å²) in [7, 11) is 0. The lowest BCUT2D eigenvalue weighted by atomic mass is 10.1. The summed E-state index contributed by atoms with van der Waals surface area (Å²) in [6, 6.07) is 16.8. The summed E-state index contributed by atoms with van der Waals surface area (Å²) >= 11 is -1.07. The average Bonchev–Trinajstić information content (AvgIpc) is 3.15. The second kappa shape index (κ2) is 7.13. The summed E-state index contributed by atoms with van der Waals surface area (Å²) in [4.78, 5) is 14.6. The Labute approximate surface area is 161 Å². The van der Waals surface area contributed by atoms with Crippen molar-refractivity contribution in [2.24, 2.45) is 0 Å². The molecule has 3 aromatic rings. The third-order valence-electron chi connectivity index (χ3n) is 4.85. The molecule has 1 aliphatic heterocycles. The zero-order valence-electron chi connectivity index (χ0n) is 14.9. The van der Waals surface area contributed by atoms with Crippen LogP contribution in [0.4, 0.5) is 5.69 Å². The molecule has 0 bridgehead atoms. The van der Waals surface area contributed by atoms with Crippen LogP contribution in [-0.4, -0.2) is 38.5 Å². The molecule has 4 rings (SSSR count). The van der Waals surface area contributed by atoms with Crippen molar-refractivity contribution in [2.75, 3.05) is 18.0 Å². The molecular formula is C21H20N2O3S. The van der Waals surface area contributed by atoms with Gasteiger partial charge in [-0.15, -0.1) is 0 Å². The van der Waals surface area contributed by atoms with Crippen LogP contribution in [0.15, 0.2) is 71.9 Å². The predicted molar refractivity (Wildman–Crippen MR) is 106 cm³/mol. The minimum atomic E-state index is -1.07. The Morgan fingerprint density at radius 2 is 1.74 bits per heavy atom. The van der Waals surface area contributed by atoms with Crippen molar-refractivity contribution in [2.45, 2.75) is 17.1 Å². The molecule has 1 N–H and O–H groups in total. The first-order chi connectivity index (χ1) is 13.0. The number of benzene rings is 2. The first kappa shape index (κ1) is 17.7. The molecule has 2 aromatic carbocycles. The quantitative estimate of drug-likeness (QED) is 0.688. The van der Waals surface area contributed by atoms with Crippen LogP contribution >= 0.6 is 0 Å². The van der Waals surface area contributed by atoms with Gasteiger partial charge in [-0.05, 0) is 54.5 Å². The lowest BCUT2D eigenvalue weighted by Crippen LogP contribution is -2.55. The third-order valence-corrected chi connectivity index (χ3v) is 6.49. The Kier molecular flexibility index (Phi) is 4.68. The highest BCUT2D eigenvalue weighted by Gasteiger charge is 2.38. The van der Waals surface area contributed by atoms with Crippen molar-refractivity contribution in [1.82, 2.24) is 4.57 Å². The Bertz CT molecular complexity index is 948. The number of nitrogens with zero attached hydrogens (tertiary/aromatic N) is 2. The molecule has 27 heavy (non-hydrogen) atoms. The van der Waals surface area contributed by atoms with E-state index >= 15 is 0 Å². The van der Waals surface area contributed by atoms with Gasteiger partial charge in [0.15, 0.2) is 10.1 Å². The first-order valence-electron chi connectivity index (χ1n) is 8.76. The zero-order valence-corrected chi connectivity index (χ0v) is 15.7. The number of para-hydroxylation sites is 1. The highest BCUT2D eigenvalue weighted by molar-refractivity contribution is 7.92. The van der Waals surface area contributed by atoms with Crippen molar-refractivity contribution in [3.8, 4) is 5.69 Å². The van der Waals surface area contributed by atoms with E-state index < -0.39 is 17.1 Å². The van der Waals surface area contributed by atoms with Gasteiger partial charge in [0.2, 0.25) is 0 Å². The van der Waals surface area contributed by atoms with Crippen LogP contribution < -0.4 is 4.90 Å². The van der Waals surface area contributed by atoms with Crippen molar-refractivity contribution in [3.63, 3.8) is 0 Å². The lowest BCUT2D eigenvalue weighted by molar-refractivity contribution is 0.0697. The van der Waals surface area contributed by atoms with Gasteiger partial charge in [-0.25, -0.2) is 4.79 Å². The molecule has 0 amide bonds. The van der Waals surface area contributed by atoms with E-state index in [0.29, 0.717) is 18.8 Å². The SMILES string of the molecule is Cc1ccc([S+]([O-])C2CN(c3cccc(C(=O)O)c3-n3cccc3)C2)cc1. The van der Waals surface area contributed by atoms with E-state index in [4.69, 9.17) is 0 Å². The minimum absolute atomic E-state index is 0.0405. The third kappa shape index (κ3) is 3.34. The number of aromatic carboxylic acids is 1. The van der Waals surface area contributed by atoms with Crippen molar-refractivity contribution in [3.05, 3.63) is 78.1 Å². The maximum atomic E-state index is 12.8. The highest BCUT2D eigenvalue weighted by Crippen LogP contribution is 2.34. The fourth-order valence-corrected chi connectivity index (χ4v) is 4.77. The molecule has 0 radical (unpaired) electrons. The summed E-state index contributed by atoms with van der Waals surface area (Å²) in [5.41, 5.74) is 2.90. The number of aromatic nitrogens is 1. The molecule has 1 saturated heterocycles. The smallest absolute Gasteiger partial charge is 0.337 e. The van der Waals surface area contributed by atoms with Gasteiger partial charge < -0.3 is 19.1 Å². The summed E-state index contributed by atoms with van der Waals surface area (Å²) in [6.45, 7) is 3.28. The van der Waals surface area contributed by atoms with Crippen LogP contribution in [0.2, 0.25) is 0 Å². The molecule has 1 aliphatic rings. The second-order valence-electron chi connectivity index (χ2n) is 6.71. The molecule has 1 aromatic heterocycles. The van der Waals surface area contributed by atoms with Crippen molar-refractivity contribution < 1.29 is 14.5 Å². The van der Waals surface area contributed by atoms with E-state index in [9.17, 15) is 14.5 Å². The maximum Gasteiger partial charge on any atom is 0.337 e. The van der Waals surface area contributed by atoms with Crippen LogP contribution in [0, 0.1) is 6.92 Å². The standard InChI is InChI=1S/C21H20N2O3S/c1-15-7-9-16(10-8-15)27(26)17-13-23(14-17)19-6-4-5-18(21(24)25)20(19)22-11-2-3-12-22/h2-12,17H,13-14H2,1H3,(H,24,25). The van der Waals surface area contributed by atoms with E-state index in [2.05, 4.69) is 4.90 Å². The molecule has 5 nitrogen and oxygen atoms in total. The van der Waals surface area contributed by atoms with E-state index in [0.717, 1.165) is 16.1 Å². The molecule has 0 saturated carbocycles. The average molecular weight is 380 g/mol. The highest BCUT2D eigenvalue weighted by atomic mass is 32.2. The molecule has 1 atom stereocenters. The maximum absolute atomic E-state index is 12.8. The van der Waals surface area contributed by atoms with E-state index in [1.165, 1.54) is 0 Å². The summed E-state index contributed by atoms with van der Waals surface area (Å²) in [5.74, 6) is -0.958. The number of aryl methyl sites for hydroxylation is 1. The number of carboxylic acid groups (broad SMARTS) is 1. The molecule has 2 heterocycles. The lowest BCUT2D eigenvalue weighted by Gasteiger charge is -2.41. The molecule has 1 fully saturated rings. The van der Waals surface area contributed by atoms with Crippen LogP contribution in [0.5, 0.6) is 0 Å². The number of anilines is 1. The second-order valence-corrected chi connectivity index (χ2v) is 8.44. The van der Waals surface area contributed by atoms with Crippen molar-refractivity contribution >= 4 is 22.8 Å². The number of hydrogen-bond donors (Lipinski definition) is 1. The van der Waals surface area contributed by atoms with Gasteiger partial charge in [0, 0.05) is 12.4 Å². The number of carbonyl (C=O) groups is 1. The molecule has 6 heteroatoms. The van der Waals surface area contributed by atoms with Gasteiger partial charge in [0.1, 0.15) is 0 Å². The van der Waals surface area contributed by atoms with E-state index in [1.807, 2.05) is 66.3 Å². The number of rotatable bonds is 5. The van der Waals surface area contributed by atoms with Crippen LogP contribution in [0.1, 0.15) is 15.9 Å². The fourth-order valence-electron chi connectivity index (χ4n) is 3.35. The normalized spacial score (nSPS) is 15.4. The van der Waals surface area contributed by atoms with Crippen molar-refractivity contribution in [1.29, 1.82) is 0 Å². The summed E-state index contributed by atoms with van der Waals surface area (Å²) in [5, 5.41) is 9.63. The van der Waals surface area contributed by atoms with Gasteiger partial charge in [-0.3, -0.25) is 0 Å². The van der Waals surface area contributed by atoms with Gasteiger partial charge in [-0.2, -0.15) is 0 Å². The van der Waals surface area contributed by atoms with E-state index in [1.54, 1.807) is 12.1 Å². The van der Waals surface area contributed by atoms with Gasteiger partial charge >= 0.3 is 5.97 Å². The minimum Gasteiger partial charge on any atom is -0.611 e. The predicted octanol–water partition coefficient (Wildman–Crippen LogP) is 3.48. The largest absolute Gasteiger partial charge is 0.611 e. The van der Waals surface area contributed by atoms with Gasteiger partial charge in [0.05, 0.1) is 30.0 Å². The van der Waals surface area contributed by atoms with Crippen LogP contribution in [0.3, 0.4) is 0 Å². The summed E-state index contributed by atoms with van der Waals surface area (Å²) < 4.78 is 14.6. The Balaban J connectivity index is 1.58. The Morgan fingerprint density at radius 1 is 1.07 bits per heavy atom. The van der Waals surface area contributed by atoms with Crippen LogP contribution in [-0.2, 0) is 11.2 Å². The van der Waals surface area contributed by atoms with Crippen LogP contribution in [0.25, 0.3) is 5.69 Å². The Hall–Kier alpha value is -2.70. The van der Waals surface area contributed by atoms with Gasteiger partial charge in [0.25, 0.3) is 0 Å². The molecule has 1 unspecified atom stereocenters. The number of hydrogen-bond acceptors (Lipinski definition) is 3. The monoisotopic (exact) mass is 380 g/mol. The molecule has 0 aliphatic carbocycles. The van der Waals surface area contributed by atoms with E-state index in [-0.39, 0.29) is 10.8 Å². The Morgan fingerprint density at radius 3 is 2.37 bits per heavy atom. The fraction of sp³-hybridized carbons (Fsp3) is 0.190. The summed E-state index contributed by atoms with van der Waals surface area (Å²) in [6.07, 6.45) is 3.68. The zero-order chi connectivity index (χ0) is 19.0. The molecule has 0 spiro atoms. The molecule has 138 valence electrons. The first-order valence-corrected chi connectivity index (χ1v) is 9.98.